The third-order valence-electron chi connectivity index (χ3n) is 15.5. The van der Waals surface area contributed by atoms with Gasteiger partial charge in [-0.2, -0.15) is 5.06 Å². The summed E-state index contributed by atoms with van der Waals surface area (Å²) in [6, 6.07) is 2.55. The van der Waals surface area contributed by atoms with Gasteiger partial charge in [0.1, 0.15) is 24.4 Å². The molecule has 1 aromatic carbocycles. The lowest BCUT2D eigenvalue weighted by molar-refractivity contribution is -0.256. The van der Waals surface area contributed by atoms with E-state index < -0.39 is 59.4 Å². The Morgan fingerprint density at radius 3 is 0.726 bits per heavy atom. The van der Waals surface area contributed by atoms with Crippen molar-refractivity contribution < 1.29 is 43.3 Å². The van der Waals surface area contributed by atoms with Gasteiger partial charge < -0.3 is 24.2 Å². The number of carbonyl (C=O) groups excluding carboxylic acids is 4. The number of carbonyl (C=O) groups is 4. The summed E-state index contributed by atoms with van der Waals surface area (Å²) in [6.45, 7) is 32.7. The van der Waals surface area contributed by atoms with E-state index >= 15 is 0 Å². The zero-order valence-electron chi connectivity index (χ0n) is 41.6. The second-order valence-electron chi connectivity index (χ2n) is 24.2. The third-order valence-corrected chi connectivity index (χ3v) is 15.5. The van der Waals surface area contributed by atoms with Gasteiger partial charge in [-0.25, -0.2) is 19.2 Å². The molecule has 4 heterocycles. The molecule has 5 rings (SSSR count). The Kier molecular flexibility index (Phi) is 13.2. The van der Waals surface area contributed by atoms with E-state index in [0.29, 0.717) is 51.4 Å². The van der Waals surface area contributed by atoms with E-state index in [2.05, 4.69) is 119 Å². The van der Waals surface area contributed by atoms with Crippen molar-refractivity contribution in [2.45, 2.75) is 231 Å². The van der Waals surface area contributed by atoms with Gasteiger partial charge in [-0.3, -0.25) is 14.7 Å². The molecule has 0 spiro atoms. The standard InChI is InChI=1S/C49H80N4O9/c1-42(2)22-30(23-43(3,4)50(42)17)59-38(54)34-20-36(40(56)61-32-26-46(9,10)52(19)47(11,12)27-32)37(41(57)62-33-28-48(13,14)53(58)49(15,16)29-33)21-35(34)39(55)60-31-24-44(5,6)51(18)45(7,8)25-31/h20-21,30-33,58H,22-29H2,1-19H3. The molecule has 0 aliphatic carbocycles. The summed E-state index contributed by atoms with van der Waals surface area (Å²) < 4.78 is 25.1. The summed E-state index contributed by atoms with van der Waals surface area (Å²) in [5, 5.41) is 12.3. The molecule has 13 heteroatoms. The maximum Gasteiger partial charge on any atom is 0.339 e. The van der Waals surface area contributed by atoms with Crippen molar-refractivity contribution >= 4 is 23.9 Å². The third kappa shape index (κ3) is 10.1. The normalized spacial score (nSPS) is 26.6. The lowest BCUT2D eigenvalue weighted by Crippen LogP contribution is -2.60. The topological polar surface area (TPSA) is 138 Å². The van der Waals surface area contributed by atoms with E-state index in [0.717, 1.165) is 0 Å². The van der Waals surface area contributed by atoms with E-state index in [4.69, 9.17) is 18.9 Å². The number of hydroxylamine groups is 2. The lowest BCUT2D eigenvalue weighted by atomic mass is 9.78. The van der Waals surface area contributed by atoms with Gasteiger partial charge in [0.05, 0.1) is 22.3 Å². The van der Waals surface area contributed by atoms with Gasteiger partial charge in [-0.1, -0.05) is 0 Å². The van der Waals surface area contributed by atoms with Crippen LogP contribution in [-0.4, -0.2) is 139 Å². The first-order valence-corrected chi connectivity index (χ1v) is 22.7. The molecular weight excluding hydrogens is 789 g/mol. The van der Waals surface area contributed by atoms with Gasteiger partial charge in [0.25, 0.3) is 0 Å². The largest absolute Gasteiger partial charge is 0.459 e. The Bertz CT molecular complexity index is 1580. The summed E-state index contributed by atoms with van der Waals surface area (Å²) in [5.74, 6) is -3.25. The van der Waals surface area contributed by atoms with Crippen molar-refractivity contribution in [2.75, 3.05) is 21.1 Å². The van der Waals surface area contributed by atoms with Crippen molar-refractivity contribution in [3.8, 4) is 0 Å². The number of piperidine rings is 4. The molecule has 0 radical (unpaired) electrons. The maximum absolute atomic E-state index is 14.7. The number of hydrogen-bond acceptors (Lipinski definition) is 13. The number of benzene rings is 1. The van der Waals surface area contributed by atoms with E-state index in [1.165, 1.54) is 17.2 Å². The van der Waals surface area contributed by atoms with Crippen molar-refractivity contribution in [1.29, 1.82) is 0 Å². The predicted molar refractivity (Wildman–Crippen MR) is 240 cm³/mol. The van der Waals surface area contributed by atoms with Crippen LogP contribution in [0.15, 0.2) is 12.1 Å². The highest BCUT2D eigenvalue weighted by molar-refractivity contribution is 6.10. The molecule has 350 valence electrons. The molecule has 4 aliphatic rings. The van der Waals surface area contributed by atoms with Crippen molar-refractivity contribution in [1.82, 2.24) is 19.8 Å². The Morgan fingerprint density at radius 2 is 0.548 bits per heavy atom. The van der Waals surface area contributed by atoms with Gasteiger partial charge in [-0.05, 0) is 144 Å². The summed E-state index contributed by atoms with van der Waals surface area (Å²) in [4.78, 5) is 65.5. The fraction of sp³-hybridized carbons (Fsp3) is 0.796. The highest BCUT2D eigenvalue weighted by Gasteiger charge is 2.50. The molecule has 0 aromatic heterocycles. The average Bonchev–Trinajstić information content (AvgIpc) is 3.09. The fourth-order valence-corrected chi connectivity index (χ4v) is 11.5. The van der Waals surface area contributed by atoms with Crippen LogP contribution >= 0.6 is 0 Å². The van der Waals surface area contributed by atoms with Gasteiger partial charge in [0, 0.05) is 95.7 Å². The lowest BCUT2D eigenvalue weighted by Gasteiger charge is -2.53. The van der Waals surface area contributed by atoms with Crippen LogP contribution in [0.25, 0.3) is 0 Å². The van der Waals surface area contributed by atoms with Crippen LogP contribution in [0, 0.1) is 0 Å². The Morgan fingerprint density at radius 1 is 0.387 bits per heavy atom. The molecule has 62 heavy (non-hydrogen) atoms. The molecule has 4 fully saturated rings. The van der Waals surface area contributed by atoms with Crippen LogP contribution in [0.2, 0.25) is 0 Å². The molecule has 0 bridgehead atoms. The highest BCUT2D eigenvalue weighted by atomic mass is 16.6. The summed E-state index contributed by atoms with van der Waals surface area (Å²) in [7, 11) is 6.19. The van der Waals surface area contributed by atoms with E-state index in [1.807, 2.05) is 27.7 Å². The first-order valence-electron chi connectivity index (χ1n) is 22.7. The molecule has 0 amide bonds. The second-order valence-corrected chi connectivity index (χ2v) is 24.2. The summed E-state index contributed by atoms with van der Waals surface area (Å²) in [6.07, 6.45) is 1.68. The Balaban J connectivity index is 1.63. The summed E-state index contributed by atoms with van der Waals surface area (Å²) in [5.41, 5.74) is -4.13. The van der Waals surface area contributed by atoms with Gasteiger partial charge in [-0.15, -0.1) is 0 Å². The SMILES string of the molecule is CN1C(C)(C)CC(OC(=O)c2cc(C(=O)OC3CC(C)(C)N(C)C(C)(C)C3)c(C(=O)OC3CC(C)(C)N(O)C(C)(C)C3)cc2C(=O)OC2CC(C)(C)N(C)C(C)(C)C2)CC1(C)C. The minimum absolute atomic E-state index is 0.181. The molecule has 13 nitrogen and oxygen atoms in total. The molecule has 1 aromatic rings. The minimum atomic E-state index is -0.849. The number of esters is 4. The molecular formula is C49H80N4O9. The smallest absolute Gasteiger partial charge is 0.339 e. The molecule has 1 N–H and O–H groups in total. The molecule has 4 saturated heterocycles. The average molecular weight is 869 g/mol. The van der Waals surface area contributed by atoms with Crippen molar-refractivity contribution in [3.05, 3.63) is 34.4 Å². The molecule has 0 unspecified atom stereocenters. The number of hydrogen-bond donors (Lipinski definition) is 1. The molecule has 0 atom stereocenters. The van der Waals surface area contributed by atoms with E-state index in [9.17, 15) is 24.4 Å². The summed E-state index contributed by atoms with van der Waals surface area (Å²) >= 11 is 0. The van der Waals surface area contributed by atoms with Crippen molar-refractivity contribution in [2.24, 2.45) is 0 Å². The predicted octanol–water partition coefficient (Wildman–Crippen LogP) is 8.68. The Hall–Kier alpha value is -3.10. The first kappa shape index (κ1) is 49.9. The Labute approximate surface area is 372 Å². The van der Waals surface area contributed by atoms with Crippen LogP contribution in [0.3, 0.4) is 0 Å². The van der Waals surface area contributed by atoms with Gasteiger partial charge in [0.15, 0.2) is 0 Å². The molecule has 0 saturated carbocycles. The first-order chi connectivity index (χ1) is 27.9. The fourth-order valence-electron chi connectivity index (χ4n) is 11.5. The van der Waals surface area contributed by atoms with Crippen LogP contribution < -0.4 is 0 Å². The quantitative estimate of drug-likeness (QED) is 0.197. The van der Waals surface area contributed by atoms with E-state index in [-0.39, 0.29) is 55.5 Å². The number of nitrogens with zero attached hydrogens (tertiary/aromatic N) is 4. The minimum Gasteiger partial charge on any atom is -0.459 e. The zero-order valence-corrected chi connectivity index (χ0v) is 41.6. The van der Waals surface area contributed by atoms with Crippen LogP contribution in [0.4, 0.5) is 0 Å². The maximum atomic E-state index is 14.7. The van der Waals surface area contributed by atoms with Crippen LogP contribution in [0.5, 0.6) is 0 Å². The monoisotopic (exact) mass is 869 g/mol. The molecule has 4 aliphatic heterocycles. The zero-order chi connectivity index (χ0) is 47.1. The van der Waals surface area contributed by atoms with Crippen molar-refractivity contribution in [3.63, 3.8) is 0 Å². The second kappa shape index (κ2) is 16.4. The highest BCUT2D eigenvalue weighted by Crippen LogP contribution is 2.43. The van der Waals surface area contributed by atoms with E-state index in [1.54, 1.807) is 0 Å². The number of rotatable bonds is 8. The van der Waals surface area contributed by atoms with Gasteiger partial charge in [0.2, 0.25) is 0 Å². The van der Waals surface area contributed by atoms with Crippen LogP contribution in [-0.2, 0) is 18.9 Å². The van der Waals surface area contributed by atoms with Crippen LogP contribution in [0.1, 0.15) is 204 Å². The number of ether oxygens (including phenoxy) is 4. The van der Waals surface area contributed by atoms with Gasteiger partial charge >= 0.3 is 23.9 Å². The number of likely N-dealkylation sites (tertiary alicyclic amines) is 3.